The first-order valence-corrected chi connectivity index (χ1v) is 16.9. The number of carbonyl (C=O) groups excluding carboxylic acids is 1. The highest BCUT2D eigenvalue weighted by atomic mass is 127. The molecular formula is C35H33IN2O8S. The van der Waals surface area contributed by atoms with Gasteiger partial charge < -0.3 is 28.4 Å². The molecule has 12 heteroatoms. The smallest absolute Gasteiger partial charge is 0.338 e. The van der Waals surface area contributed by atoms with Crippen LogP contribution in [0, 0.1) is 3.57 Å². The molecule has 4 aromatic rings. The molecule has 2 aliphatic heterocycles. The number of fused-ring (bicyclic) bond motifs is 2. The molecule has 0 aliphatic carbocycles. The molecule has 0 amide bonds. The standard InChI is InChI=1S/C35H33IN2O8S/c1-6-42-34(40)30-20(4)37-35-38(31(30)23-9-7-8-10-25(23)46-19(2)3)33(39)29(47-35)16-22-13-24(36)32(28(15-22)41-5)43-17-21-11-12-26-27(14-21)45-18-44-26/h7-16,19,31H,6,17-18H2,1-5H3/b29-16+/t31-/m1/s1. The summed E-state index contributed by atoms with van der Waals surface area (Å²) in [5.74, 6) is 2.56. The molecule has 0 saturated heterocycles. The van der Waals surface area contributed by atoms with Gasteiger partial charge in [0.05, 0.1) is 39.2 Å². The maximum atomic E-state index is 14.2. The van der Waals surface area contributed by atoms with Crippen LogP contribution in [0.3, 0.4) is 0 Å². The number of allylic oxidation sites excluding steroid dienone is 1. The molecule has 3 aromatic carbocycles. The van der Waals surface area contributed by atoms with Crippen molar-refractivity contribution in [3.8, 4) is 28.7 Å². The van der Waals surface area contributed by atoms with E-state index in [1.165, 1.54) is 11.3 Å². The predicted octanol–water partition coefficient (Wildman–Crippen LogP) is 5.51. The van der Waals surface area contributed by atoms with Gasteiger partial charge in [0.1, 0.15) is 18.4 Å². The van der Waals surface area contributed by atoms with E-state index >= 15 is 0 Å². The molecule has 244 valence electrons. The lowest BCUT2D eigenvalue weighted by Gasteiger charge is -2.26. The van der Waals surface area contributed by atoms with Crippen molar-refractivity contribution in [3.05, 3.63) is 106 Å². The zero-order chi connectivity index (χ0) is 33.2. The highest BCUT2D eigenvalue weighted by Gasteiger charge is 2.35. The van der Waals surface area contributed by atoms with E-state index in [0.717, 1.165) is 14.7 Å². The van der Waals surface area contributed by atoms with Crippen molar-refractivity contribution in [2.45, 2.75) is 46.4 Å². The Morgan fingerprint density at radius 3 is 2.68 bits per heavy atom. The fourth-order valence-corrected chi connectivity index (χ4v) is 7.28. The molecule has 0 bridgehead atoms. The minimum atomic E-state index is -0.788. The van der Waals surface area contributed by atoms with Crippen LogP contribution >= 0.6 is 33.9 Å². The van der Waals surface area contributed by atoms with Gasteiger partial charge in [0, 0.05) is 5.56 Å². The Morgan fingerprint density at radius 2 is 1.91 bits per heavy atom. The van der Waals surface area contributed by atoms with Gasteiger partial charge in [-0.15, -0.1) is 0 Å². The fraction of sp³-hybridized carbons (Fsp3) is 0.286. The van der Waals surface area contributed by atoms with Crippen LogP contribution in [0.2, 0.25) is 0 Å². The van der Waals surface area contributed by atoms with E-state index in [2.05, 4.69) is 22.6 Å². The summed E-state index contributed by atoms with van der Waals surface area (Å²) in [6, 6.07) is 16.1. The average Bonchev–Trinajstić information content (AvgIpc) is 3.63. The number of methoxy groups -OCH3 is 1. The Hall–Kier alpha value is -4.30. The molecule has 0 unspecified atom stereocenters. The van der Waals surface area contributed by atoms with Crippen LogP contribution < -0.4 is 38.6 Å². The normalized spacial score (nSPS) is 15.4. The average molecular weight is 769 g/mol. The van der Waals surface area contributed by atoms with E-state index in [-0.39, 0.29) is 25.1 Å². The number of ether oxygens (including phenoxy) is 6. The van der Waals surface area contributed by atoms with Gasteiger partial charge in [-0.2, -0.15) is 0 Å². The van der Waals surface area contributed by atoms with Crippen LogP contribution in [-0.2, 0) is 16.1 Å². The molecule has 1 aromatic heterocycles. The van der Waals surface area contributed by atoms with E-state index in [0.29, 0.717) is 61.5 Å². The second-order valence-corrected chi connectivity index (χ2v) is 13.2. The molecule has 0 saturated carbocycles. The number of nitrogens with zero attached hydrogens (tertiary/aromatic N) is 2. The Bertz CT molecular complexity index is 2070. The first-order valence-electron chi connectivity index (χ1n) is 15.0. The number of thiazole rings is 1. The number of hydrogen-bond donors (Lipinski definition) is 0. The van der Waals surface area contributed by atoms with Crippen LogP contribution in [0.25, 0.3) is 6.08 Å². The molecular weight excluding hydrogens is 735 g/mol. The number of hydrogen-bond acceptors (Lipinski definition) is 10. The summed E-state index contributed by atoms with van der Waals surface area (Å²) in [6.45, 7) is 8.06. The lowest BCUT2D eigenvalue weighted by molar-refractivity contribution is -0.139. The Kier molecular flexibility index (Phi) is 9.60. The van der Waals surface area contributed by atoms with Gasteiger partial charge >= 0.3 is 5.97 Å². The number of rotatable bonds is 10. The summed E-state index contributed by atoms with van der Waals surface area (Å²) in [4.78, 5) is 32.7. The number of carbonyl (C=O) groups is 1. The van der Waals surface area contributed by atoms with Crippen molar-refractivity contribution in [2.75, 3.05) is 20.5 Å². The summed E-state index contributed by atoms with van der Waals surface area (Å²) in [5.41, 5.74) is 2.83. The minimum absolute atomic E-state index is 0.121. The third-order valence-corrected chi connectivity index (χ3v) is 9.25. The van der Waals surface area contributed by atoms with Crippen LogP contribution in [-0.4, -0.2) is 37.1 Å². The van der Waals surface area contributed by atoms with Gasteiger partial charge in [0.25, 0.3) is 5.56 Å². The molecule has 0 N–H and O–H groups in total. The Labute approximate surface area is 289 Å². The van der Waals surface area contributed by atoms with Crippen molar-refractivity contribution < 1.29 is 33.2 Å². The third kappa shape index (κ3) is 6.61. The number of benzene rings is 3. The van der Waals surface area contributed by atoms with Crippen LogP contribution in [0.5, 0.6) is 28.7 Å². The van der Waals surface area contributed by atoms with Gasteiger partial charge in [0.15, 0.2) is 27.8 Å². The summed E-state index contributed by atoms with van der Waals surface area (Å²) in [7, 11) is 1.58. The van der Waals surface area contributed by atoms with E-state index in [4.69, 9.17) is 33.4 Å². The topological polar surface area (TPSA) is 107 Å². The van der Waals surface area contributed by atoms with Crippen molar-refractivity contribution >= 4 is 46.0 Å². The lowest BCUT2D eigenvalue weighted by Crippen LogP contribution is -2.40. The zero-order valence-corrected chi connectivity index (χ0v) is 29.5. The summed E-state index contributed by atoms with van der Waals surface area (Å²) in [6.07, 6.45) is 1.68. The molecule has 2 aliphatic rings. The number of esters is 1. The molecule has 6 rings (SSSR count). The second-order valence-electron chi connectivity index (χ2n) is 11.0. The Morgan fingerprint density at radius 1 is 1.13 bits per heavy atom. The lowest BCUT2D eigenvalue weighted by atomic mass is 9.95. The first kappa shape index (κ1) is 32.6. The van der Waals surface area contributed by atoms with Crippen molar-refractivity contribution in [3.63, 3.8) is 0 Å². The molecule has 0 spiro atoms. The van der Waals surface area contributed by atoms with Crippen molar-refractivity contribution in [1.82, 2.24) is 4.57 Å². The Balaban J connectivity index is 1.40. The molecule has 0 fully saturated rings. The number of halogens is 1. The second kappa shape index (κ2) is 13.8. The fourth-order valence-electron chi connectivity index (χ4n) is 5.45. The van der Waals surface area contributed by atoms with Crippen LogP contribution in [0.15, 0.2) is 75.7 Å². The van der Waals surface area contributed by atoms with E-state index < -0.39 is 12.0 Å². The highest BCUT2D eigenvalue weighted by Crippen LogP contribution is 2.38. The number of para-hydroxylation sites is 1. The van der Waals surface area contributed by atoms with Gasteiger partial charge in [-0.3, -0.25) is 9.36 Å². The van der Waals surface area contributed by atoms with E-state index in [1.54, 1.807) is 31.6 Å². The SMILES string of the molecule is CCOC(=O)C1=C(C)N=c2s/c(=C/c3cc(I)c(OCc4ccc5c(c4)OCO5)c(OC)c3)c(=O)n2[C@@H]1c1ccccc1OC(C)C. The zero-order valence-electron chi connectivity index (χ0n) is 26.5. The molecule has 1 atom stereocenters. The van der Waals surface area contributed by atoms with Crippen LogP contribution in [0.4, 0.5) is 0 Å². The molecule has 47 heavy (non-hydrogen) atoms. The largest absolute Gasteiger partial charge is 0.493 e. The minimum Gasteiger partial charge on any atom is -0.493 e. The number of aromatic nitrogens is 1. The quantitative estimate of drug-likeness (QED) is 0.154. The van der Waals surface area contributed by atoms with Crippen molar-refractivity contribution in [1.29, 1.82) is 0 Å². The molecule has 10 nitrogen and oxygen atoms in total. The van der Waals surface area contributed by atoms with E-state index in [1.807, 2.05) is 68.4 Å². The predicted molar refractivity (Wildman–Crippen MR) is 185 cm³/mol. The van der Waals surface area contributed by atoms with Gasteiger partial charge in [-0.1, -0.05) is 35.6 Å². The maximum Gasteiger partial charge on any atom is 0.338 e. The highest BCUT2D eigenvalue weighted by molar-refractivity contribution is 14.1. The van der Waals surface area contributed by atoms with Gasteiger partial charge in [-0.25, -0.2) is 9.79 Å². The third-order valence-electron chi connectivity index (χ3n) is 7.46. The van der Waals surface area contributed by atoms with E-state index in [9.17, 15) is 9.59 Å². The maximum absolute atomic E-state index is 14.2. The van der Waals surface area contributed by atoms with Crippen molar-refractivity contribution in [2.24, 2.45) is 4.99 Å². The van der Waals surface area contributed by atoms with Gasteiger partial charge in [-0.05, 0) is 97.8 Å². The summed E-state index contributed by atoms with van der Waals surface area (Å²) < 4.78 is 37.2. The summed E-state index contributed by atoms with van der Waals surface area (Å²) in [5, 5.41) is 0. The van der Waals surface area contributed by atoms with Crippen LogP contribution in [0.1, 0.15) is 50.4 Å². The first-order chi connectivity index (χ1) is 22.7. The van der Waals surface area contributed by atoms with Gasteiger partial charge in [0.2, 0.25) is 6.79 Å². The molecule has 0 radical (unpaired) electrons. The monoisotopic (exact) mass is 768 g/mol. The molecule has 3 heterocycles. The summed E-state index contributed by atoms with van der Waals surface area (Å²) >= 11 is 3.45.